The van der Waals surface area contributed by atoms with Gasteiger partial charge in [0.25, 0.3) is 0 Å². The minimum Gasteiger partial charge on any atom is -0.494 e. The number of nitrogens with zero attached hydrogens (tertiary/aromatic N) is 1. The Morgan fingerprint density at radius 1 is 1.15 bits per heavy atom. The van der Waals surface area contributed by atoms with Crippen LogP contribution in [0.5, 0.6) is 5.75 Å². The number of hydrogen-bond acceptors (Lipinski definition) is 4. The van der Waals surface area contributed by atoms with Gasteiger partial charge in [0, 0.05) is 18.7 Å². The molecule has 1 aliphatic rings. The quantitative estimate of drug-likeness (QED) is 0.801. The summed E-state index contributed by atoms with van der Waals surface area (Å²) in [5, 5.41) is 5.97. The van der Waals surface area contributed by atoms with Crippen molar-refractivity contribution in [1.29, 1.82) is 0 Å². The van der Waals surface area contributed by atoms with Crippen LogP contribution in [0.2, 0.25) is 0 Å². The third-order valence-electron chi connectivity index (χ3n) is 4.16. The lowest BCUT2D eigenvalue weighted by Gasteiger charge is -2.20. The van der Waals surface area contributed by atoms with Crippen molar-refractivity contribution in [3.63, 3.8) is 0 Å². The Labute approximate surface area is 153 Å². The molecule has 0 spiro atoms. The van der Waals surface area contributed by atoms with Gasteiger partial charge in [-0.05, 0) is 49.7 Å². The van der Waals surface area contributed by atoms with E-state index in [2.05, 4.69) is 10.6 Å². The highest BCUT2D eigenvalue weighted by atomic mass is 16.5. The number of para-hydroxylation sites is 2. The average molecular weight is 353 g/mol. The van der Waals surface area contributed by atoms with Crippen LogP contribution in [0.3, 0.4) is 0 Å². The number of nitrogens with one attached hydrogen (secondary N) is 2. The minimum absolute atomic E-state index is 0.117. The van der Waals surface area contributed by atoms with Crippen LogP contribution in [0.15, 0.2) is 48.5 Å². The number of ether oxygens (including phenoxy) is 1. The summed E-state index contributed by atoms with van der Waals surface area (Å²) in [4.78, 5) is 26.0. The highest BCUT2D eigenvalue weighted by Crippen LogP contribution is 2.29. The predicted molar refractivity (Wildman–Crippen MR) is 103 cm³/mol. The lowest BCUT2D eigenvalue weighted by Crippen LogP contribution is -2.26. The molecule has 3 rings (SSSR count). The number of amides is 2. The van der Waals surface area contributed by atoms with Crippen molar-refractivity contribution in [3.05, 3.63) is 48.5 Å². The van der Waals surface area contributed by atoms with Gasteiger partial charge in [0.05, 0.1) is 24.5 Å². The Hall–Kier alpha value is -3.02. The molecule has 1 saturated heterocycles. The fraction of sp³-hybridized carbons (Fsp3) is 0.300. The third-order valence-corrected chi connectivity index (χ3v) is 4.16. The minimum atomic E-state index is -0.156. The van der Waals surface area contributed by atoms with E-state index in [0.29, 0.717) is 18.7 Å². The summed E-state index contributed by atoms with van der Waals surface area (Å²) in [6, 6.07) is 14.8. The number of anilines is 3. The normalized spacial score (nSPS) is 13.6. The number of carbonyl (C=O) groups excluding carboxylic acids is 2. The van der Waals surface area contributed by atoms with Crippen LogP contribution >= 0.6 is 0 Å². The summed E-state index contributed by atoms with van der Waals surface area (Å²) in [5.41, 5.74) is 2.32. The molecule has 6 nitrogen and oxygen atoms in total. The van der Waals surface area contributed by atoms with E-state index in [1.54, 1.807) is 17.0 Å². The molecule has 2 aromatic carbocycles. The van der Waals surface area contributed by atoms with Gasteiger partial charge in [0.15, 0.2) is 0 Å². The lowest BCUT2D eigenvalue weighted by atomic mass is 10.2. The van der Waals surface area contributed by atoms with Crippen molar-refractivity contribution in [3.8, 4) is 5.75 Å². The van der Waals surface area contributed by atoms with Gasteiger partial charge in [0.1, 0.15) is 5.75 Å². The van der Waals surface area contributed by atoms with Crippen molar-refractivity contribution in [1.82, 2.24) is 0 Å². The highest BCUT2D eigenvalue weighted by molar-refractivity contribution is 5.99. The molecule has 0 aliphatic carbocycles. The maximum atomic E-state index is 12.2. The van der Waals surface area contributed by atoms with Gasteiger partial charge >= 0.3 is 0 Å². The number of carbonyl (C=O) groups is 2. The van der Waals surface area contributed by atoms with Crippen LogP contribution in [0.4, 0.5) is 17.1 Å². The molecule has 0 bridgehead atoms. The van der Waals surface area contributed by atoms with Crippen molar-refractivity contribution >= 4 is 28.9 Å². The maximum absolute atomic E-state index is 12.2. The summed E-state index contributed by atoms with van der Waals surface area (Å²) in [5.74, 6) is 0.739. The molecule has 2 aromatic rings. The van der Waals surface area contributed by atoms with E-state index < -0.39 is 0 Å². The Bertz CT molecular complexity index is 774. The Kier molecular flexibility index (Phi) is 5.73. The third kappa shape index (κ3) is 4.33. The Morgan fingerprint density at radius 2 is 1.92 bits per heavy atom. The first-order chi connectivity index (χ1) is 12.7. The SMILES string of the molecule is CCOc1ccc(NC(=O)CNc2ccccc2N2CCCC2=O)cc1. The van der Waals surface area contributed by atoms with Gasteiger partial charge in [-0.3, -0.25) is 9.59 Å². The van der Waals surface area contributed by atoms with Crippen molar-refractivity contribution < 1.29 is 14.3 Å². The van der Waals surface area contributed by atoms with Gasteiger partial charge < -0.3 is 20.3 Å². The average Bonchev–Trinajstić information content (AvgIpc) is 3.08. The molecule has 0 saturated carbocycles. The lowest BCUT2D eigenvalue weighted by molar-refractivity contribution is -0.117. The van der Waals surface area contributed by atoms with E-state index >= 15 is 0 Å². The van der Waals surface area contributed by atoms with Crippen molar-refractivity contribution in [2.24, 2.45) is 0 Å². The standard InChI is InChI=1S/C20H23N3O3/c1-2-26-16-11-9-15(10-12-16)22-19(24)14-21-17-6-3-4-7-18(17)23-13-5-8-20(23)25/h3-4,6-7,9-12,21H,2,5,8,13-14H2,1H3,(H,22,24). The summed E-state index contributed by atoms with van der Waals surface area (Å²) >= 11 is 0. The van der Waals surface area contributed by atoms with Gasteiger partial charge in [0.2, 0.25) is 11.8 Å². The fourth-order valence-electron chi connectivity index (χ4n) is 2.94. The van der Waals surface area contributed by atoms with Gasteiger partial charge in [-0.2, -0.15) is 0 Å². The molecular weight excluding hydrogens is 330 g/mol. The molecule has 0 aromatic heterocycles. The van der Waals surface area contributed by atoms with E-state index in [1.807, 2.05) is 43.3 Å². The molecule has 26 heavy (non-hydrogen) atoms. The van der Waals surface area contributed by atoms with Gasteiger partial charge in [-0.15, -0.1) is 0 Å². The second-order valence-corrected chi connectivity index (χ2v) is 6.03. The first-order valence-corrected chi connectivity index (χ1v) is 8.83. The second-order valence-electron chi connectivity index (χ2n) is 6.03. The fourth-order valence-corrected chi connectivity index (χ4v) is 2.94. The predicted octanol–water partition coefficient (Wildman–Crippen LogP) is 3.26. The summed E-state index contributed by atoms with van der Waals surface area (Å²) in [6.07, 6.45) is 1.44. The molecule has 0 radical (unpaired) electrons. The van der Waals surface area contributed by atoms with E-state index in [1.165, 1.54) is 0 Å². The molecular formula is C20H23N3O3. The summed E-state index contributed by atoms with van der Waals surface area (Å²) in [6.45, 7) is 3.37. The number of hydrogen-bond donors (Lipinski definition) is 2. The van der Waals surface area contributed by atoms with Crippen LogP contribution in [0, 0.1) is 0 Å². The van der Waals surface area contributed by atoms with Gasteiger partial charge in [-0.1, -0.05) is 12.1 Å². The highest BCUT2D eigenvalue weighted by Gasteiger charge is 2.23. The first-order valence-electron chi connectivity index (χ1n) is 8.83. The molecule has 6 heteroatoms. The first kappa shape index (κ1) is 17.8. The van der Waals surface area contributed by atoms with Gasteiger partial charge in [-0.25, -0.2) is 0 Å². The number of benzene rings is 2. The summed E-state index contributed by atoms with van der Waals surface area (Å²) < 4.78 is 5.38. The van der Waals surface area contributed by atoms with E-state index in [-0.39, 0.29) is 18.4 Å². The zero-order valence-electron chi connectivity index (χ0n) is 14.8. The molecule has 0 unspecified atom stereocenters. The van der Waals surface area contributed by atoms with E-state index in [9.17, 15) is 9.59 Å². The Balaban J connectivity index is 1.58. The zero-order chi connectivity index (χ0) is 18.4. The second kappa shape index (κ2) is 8.38. The van der Waals surface area contributed by atoms with Crippen molar-refractivity contribution in [2.45, 2.75) is 19.8 Å². The smallest absolute Gasteiger partial charge is 0.243 e. The topological polar surface area (TPSA) is 70.7 Å². The molecule has 1 aliphatic heterocycles. The van der Waals surface area contributed by atoms with E-state index in [0.717, 1.165) is 30.1 Å². The van der Waals surface area contributed by atoms with Crippen LogP contribution in [-0.2, 0) is 9.59 Å². The zero-order valence-corrected chi connectivity index (χ0v) is 14.8. The van der Waals surface area contributed by atoms with Crippen LogP contribution in [0.1, 0.15) is 19.8 Å². The van der Waals surface area contributed by atoms with E-state index in [4.69, 9.17) is 4.74 Å². The molecule has 2 N–H and O–H groups in total. The van der Waals surface area contributed by atoms with Crippen LogP contribution in [0.25, 0.3) is 0 Å². The molecule has 136 valence electrons. The monoisotopic (exact) mass is 353 g/mol. The number of rotatable bonds is 7. The largest absolute Gasteiger partial charge is 0.494 e. The maximum Gasteiger partial charge on any atom is 0.243 e. The Morgan fingerprint density at radius 3 is 2.62 bits per heavy atom. The molecule has 1 heterocycles. The molecule has 1 fully saturated rings. The molecule has 0 atom stereocenters. The summed E-state index contributed by atoms with van der Waals surface area (Å²) in [7, 11) is 0. The van der Waals surface area contributed by atoms with Crippen LogP contribution < -0.4 is 20.3 Å². The molecule has 2 amide bonds. The van der Waals surface area contributed by atoms with Crippen LogP contribution in [-0.4, -0.2) is 31.5 Å². The van der Waals surface area contributed by atoms with Crippen molar-refractivity contribution in [2.75, 3.05) is 35.2 Å².